The Morgan fingerprint density at radius 1 is 1.33 bits per heavy atom. The van der Waals surface area contributed by atoms with Gasteiger partial charge < -0.3 is 15.1 Å². The normalized spacial score (nSPS) is 15.8. The standard InChI is InChI=1S/C14H20N4O3/c1-3-16-6-8-17(9-7-16)14(19)12-10-11(18(20)21)4-5-13(12)15-2/h4-5,10,15H,3,6-9H2,1-2H3. The third-order valence-corrected chi connectivity index (χ3v) is 3.82. The molecule has 21 heavy (non-hydrogen) atoms. The molecule has 0 saturated carbocycles. The number of carbonyl (C=O) groups excluding carboxylic acids is 1. The maximum absolute atomic E-state index is 12.6. The van der Waals surface area contributed by atoms with Crippen molar-refractivity contribution in [2.24, 2.45) is 0 Å². The molecule has 0 aromatic heterocycles. The van der Waals surface area contributed by atoms with Gasteiger partial charge in [0.1, 0.15) is 0 Å². The maximum atomic E-state index is 12.6. The number of amides is 1. The summed E-state index contributed by atoms with van der Waals surface area (Å²) in [4.78, 5) is 27.0. The Bertz CT molecular complexity index is 539. The number of rotatable bonds is 4. The molecule has 2 rings (SSSR count). The Hall–Kier alpha value is -2.15. The molecule has 0 aliphatic carbocycles. The lowest BCUT2D eigenvalue weighted by molar-refractivity contribution is -0.384. The zero-order chi connectivity index (χ0) is 15.4. The second kappa shape index (κ2) is 6.53. The second-order valence-electron chi connectivity index (χ2n) is 4.96. The van der Waals surface area contributed by atoms with E-state index >= 15 is 0 Å². The van der Waals surface area contributed by atoms with Crippen LogP contribution in [0.3, 0.4) is 0 Å². The van der Waals surface area contributed by atoms with Crippen LogP contribution in [0.2, 0.25) is 0 Å². The molecule has 0 bridgehead atoms. The molecular formula is C14H20N4O3. The highest BCUT2D eigenvalue weighted by molar-refractivity contribution is 6.00. The number of hydrogen-bond donors (Lipinski definition) is 1. The van der Waals surface area contributed by atoms with Gasteiger partial charge in [-0.2, -0.15) is 0 Å². The van der Waals surface area contributed by atoms with Gasteiger partial charge in [0.15, 0.2) is 0 Å². The van der Waals surface area contributed by atoms with Crippen LogP contribution in [0, 0.1) is 10.1 Å². The first kappa shape index (κ1) is 15.2. The number of nitro benzene ring substituents is 1. The molecule has 1 N–H and O–H groups in total. The first-order valence-corrected chi connectivity index (χ1v) is 7.04. The van der Waals surface area contributed by atoms with E-state index in [1.165, 1.54) is 12.1 Å². The van der Waals surface area contributed by atoms with Crippen LogP contribution in [-0.2, 0) is 0 Å². The second-order valence-corrected chi connectivity index (χ2v) is 4.96. The molecule has 7 nitrogen and oxygen atoms in total. The van der Waals surface area contributed by atoms with Crippen molar-refractivity contribution in [1.82, 2.24) is 9.80 Å². The topological polar surface area (TPSA) is 78.7 Å². The Morgan fingerprint density at radius 3 is 2.52 bits per heavy atom. The van der Waals surface area contributed by atoms with Crippen molar-refractivity contribution < 1.29 is 9.72 Å². The van der Waals surface area contributed by atoms with Crippen LogP contribution in [-0.4, -0.2) is 60.4 Å². The predicted octanol–water partition coefficient (Wildman–Crippen LogP) is 1.41. The summed E-state index contributed by atoms with van der Waals surface area (Å²) in [6, 6.07) is 4.33. The Balaban J connectivity index is 2.22. The van der Waals surface area contributed by atoms with Crippen molar-refractivity contribution >= 4 is 17.3 Å². The van der Waals surface area contributed by atoms with Crippen molar-refractivity contribution in [2.75, 3.05) is 45.1 Å². The van der Waals surface area contributed by atoms with E-state index in [0.717, 1.165) is 19.6 Å². The van der Waals surface area contributed by atoms with Crippen LogP contribution in [0.4, 0.5) is 11.4 Å². The fraction of sp³-hybridized carbons (Fsp3) is 0.500. The number of carbonyl (C=O) groups is 1. The van der Waals surface area contributed by atoms with E-state index < -0.39 is 4.92 Å². The van der Waals surface area contributed by atoms with Gasteiger partial charge in [0, 0.05) is 51.0 Å². The number of piperazine rings is 1. The van der Waals surface area contributed by atoms with Crippen LogP contribution in [0.15, 0.2) is 18.2 Å². The molecule has 1 aromatic rings. The Labute approximate surface area is 123 Å². The van der Waals surface area contributed by atoms with Gasteiger partial charge in [-0.15, -0.1) is 0 Å². The third-order valence-electron chi connectivity index (χ3n) is 3.82. The lowest BCUT2D eigenvalue weighted by Gasteiger charge is -2.34. The van der Waals surface area contributed by atoms with Crippen LogP contribution >= 0.6 is 0 Å². The Kier molecular flexibility index (Phi) is 4.74. The van der Waals surface area contributed by atoms with Crippen LogP contribution in [0.5, 0.6) is 0 Å². The number of anilines is 1. The van der Waals surface area contributed by atoms with E-state index in [9.17, 15) is 14.9 Å². The summed E-state index contributed by atoms with van der Waals surface area (Å²) < 4.78 is 0. The van der Waals surface area contributed by atoms with Gasteiger partial charge in [0.2, 0.25) is 0 Å². The third kappa shape index (κ3) is 3.30. The lowest BCUT2D eigenvalue weighted by Crippen LogP contribution is -2.48. The lowest BCUT2D eigenvalue weighted by atomic mass is 10.1. The average molecular weight is 292 g/mol. The number of hydrogen-bond acceptors (Lipinski definition) is 5. The van der Waals surface area contributed by atoms with Gasteiger partial charge in [-0.1, -0.05) is 6.92 Å². The van der Waals surface area contributed by atoms with Crippen molar-refractivity contribution in [3.8, 4) is 0 Å². The molecule has 1 heterocycles. The molecule has 1 amide bonds. The number of nitro groups is 1. The summed E-state index contributed by atoms with van der Waals surface area (Å²) in [5.74, 6) is -0.154. The van der Waals surface area contributed by atoms with Gasteiger partial charge in [0.25, 0.3) is 11.6 Å². The average Bonchev–Trinajstić information content (AvgIpc) is 2.53. The molecule has 1 aliphatic heterocycles. The number of likely N-dealkylation sites (N-methyl/N-ethyl adjacent to an activating group) is 1. The fourth-order valence-corrected chi connectivity index (χ4v) is 2.48. The largest absolute Gasteiger partial charge is 0.387 e. The van der Waals surface area contributed by atoms with Crippen molar-refractivity contribution in [3.05, 3.63) is 33.9 Å². The monoisotopic (exact) mass is 292 g/mol. The van der Waals surface area contributed by atoms with E-state index in [-0.39, 0.29) is 11.6 Å². The molecule has 0 atom stereocenters. The van der Waals surface area contributed by atoms with Crippen LogP contribution in [0.1, 0.15) is 17.3 Å². The van der Waals surface area contributed by atoms with E-state index in [4.69, 9.17) is 0 Å². The maximum Gasteiger partial charge on any atom is 0.270 e. The minimum atomic E-state index is -0.481. The Morgan fingerprint density at radius 2 is 2.00 bits per heavy atom. The zero-order valence-electron chi connectivity index (χ0n) is 12.3. The highest BCUT2D eigenvalue weighted by Crippen LogP contribution is 2.23. The smallest absolute Gasteiger partial charge is 0.270 e. The SMILES string of the molecule is CCN1CCN(C(=O)c2cc([N+](=O)[O-])ccc2NC)CC1. The van der Waals surface area contributed by atoms with E-state index in [1.54, 1.807) is 18.0 Å². The van der Waals surface area contributed by atoms with Crippen LogP contribution in [0.25, 0.3) is 0 Å². The number of nitrogens with one attached hydrogen (secondary N) is 1. The van der Waals surface area contributed by atoms with Gasteiger partial charge >= 0.3 is 0 Å². The molecule has 1 fully saturated rings. The van der Waals surface area contributed by atoms with Gasteiger partial charge in [-0.05, 0) is 12.6 Å². The molecule has 0 unspecified atom stereocenters. The predicted molar refractivity (Wildman–Crippen MR) is 80.7 cm³/mol. The number of nitrogens with zero attached hydrogens (tertiary/aromatic N) is 3. The molecule has 114 valence electrons. The summed E-state index contributed by atoms with van der Waals surface area (Å²) in [6.45, 7) is 6.05. The highest BCUT2D eigenvalue weighted by atomic mass is 16.6. The molecule has 1 aromatic carbocycles. The summed E-state index contributed by atoms with van der Waals surface area (Å²) in [6.07, 6.45) is 0. The number of non-ortho nitro benzene ring substituents is 1. The van der Waals surface area contributed by atoms with E-state index in [1.807, 2.05) is 0 Å². The van der Waals surface area contributed by atoms with Crippen molar-refractivity contribution in [2.45, 2.75) is 6.92 Å². The van der Waals surface area contributed by atoms with E-state index in [0.29, 0.717) is 24.3 Å². The van der Waals surface area contributed by atoms with Crippen molar-refractivity contribution in [3.63, 3.8) is 0 Å². The molecule has 7 heteroatoms. The van der Waals surface area contributed by atoms with Crippen LogP contribution < -0.4 is 5.32 Å². The molecule has 0 spiro atoms. The van der Waals surface area contributed by atoms with Crippen molar-refractivity contribution in [1.29, 1.82) is 0 Å². The van der Waals surface area contributed by atoms with Gasteiger partial charge in [-0.3, -0.25) is 14.9 Å². The highest BCUT2D eigenvalue weighted by Gasteiger charge is 2.24. The minimum Gasteiger partial charge on any atom is -0.387 e. The molecule has 0 radical (unpaired) electrons. The first-order valence-electron chi connectivity index (χ1n) is 7.04. The summed E-state index contributed by atoms with van der Waals surface area (Å²) in [5, 5.41) is 13.8. The number of benzene rings is 1. The van der Waals surface area contributed by atoms with E-state index in [2.05, 4.69) is 17.1 Å². The minimum absolute atomic E-state index is 0.0652. The molecule has 1 saturated heterocycles. The zero-order valence-corrected chi connectivity index (χ0v) is 12.3. The fourth-order valence-electron chi connectivity index (χ4n) is 2.48. The van der Waals surface area contributed by atoms with Gasteiger partial charge in [-0.25, -0.2) is 0 Å². The summed E-state index contributed by atoms with van der Waals surface area (Å²) >= 11 is 0. The first-order chi connectivity index (χ1) is 10.1. The van der Waals surface area contributed by atoms with Gasteiger partial charge in [0.05, 0.1) is 10.5 Å². The summed E-state index contributed by atoms with van der Waals surface area (Å²) in [7, 11) is 1.70. The molecule has 1 aliphatic rings. The quantitative estimate of drug-likeness (QED) is 0.670. The molecular weight excluding hydrogens is 272 g/mol. The summed E-state index contributed by atoms with van der Waals surface area (Å²) in [5.41, 5.74) is 0.907.